The van der Waals surface area contributed by atoms with Crippen molar-refractivity contribution in [2.75, 3.05) is 58.2 Å². The number of nitrogens with zero attached hydrogens (tertiary/aromatic N) is 3. The first-order valence-electron chi connectivity index (χ1n) is 9.66. The summed E-state index contributed by atoms with van der Waals surface area (Å²) in [6.45, 7) is 10.6. The molecule has 0 radical (unpaired) electrons. The largest absolute Gasteiger partial charge is 0.323 e. The summed E-state index contributed by atoms with van der Waals surface area (Å²) >= 11 is 0. The van der Waals surface area contributed by atoms with Crippen molar-refractivity contribution in [3.8, 4) is 0 Å². The third kappa shape index (κ3) is 5.72. The van der Waals surface area contributed by atoms with Crippen molar-refractivity contribution in [1.82, 2.24) is 14.1 Å². The fraction of sp³-hybridized carbons (Fsp3) is 0.550. The highest BCUT2D eigenvalue weighted by atomic mass is 32.2. The Hall–Kier alpha value is -1.54. The Bertz CT molecular complexity index is 663. The molecule has 2 fully saturated rings. The van der Waals surface area contributed by atoms with Gasteiger partial charge in [-0.3, -0.25) is 4.79 Å². The number of rotatable bonds is 6. The van der Waals surface area contributed by atoms with Crippen LogP contribution < -0.4 is 5.32 Å². The van der Waals surface area contributed by atoms with Gasteiger partial charge in [-0.1, -0.05) is 6.58 Å². The molecule has 1 N–H and O–H groups in total. The van der Waals surface area contributed by atoms with Gasteiger partial charge in [0.25, 0.3) is 0 Å². The van der Waals surface area contributed by atoms with Gasteiger partial charge in [-0.25, -0.2) is 8.51 Å². The zero-order valence-electron chi connectivity index (χ0n) is 16.1. The van der Waals surface area contributed by atoms with Crippen molar-refractivity contribution in [1.29, 1.82) is 0 Å². The van der Waals surface area contributed by atoms with Crippen molar-refractivity contribution >= 4 is 22.6 Å². The van der Waals surface area contributed by atoms with Gasteiger partial charge in [0, 0.05) is 38.4 Å². The minimum atomic E-state index is -1.15. The molecule has 1 aromatic carbocycles. The second kappa shape index (κ2) is 9.59. The second-order valence-corrected chi connectivity index (χ2v) is 8.93. The first kappa shape index (κ1) is 20.2. The molecule has 2 aliphatic rings. The van der Waals surface area contributed by atoms with Crippen LogP contribution in [0.15, 0.2) is 41.8 Å². The highest BCUT2D eigenvalue weighted by Crippen LogP contribution is 2.20. The first-order valence-corrected chi connectivity index (χ1v) is 10.8. The molecule has 2 aliphatic heterocycles. The first-order chi connectivity index (χ1) is 13.0. The normalized spacial score (nSPS) is 21.7. The fourth-order valence-electron chi connectivity index (χ4n) is 3.68. The van der Waals surface area contributed by atoms with E-state index in [0.717, 1.165) is 37.0 Å². The molecular formula is C20H30N4O2S. The number of hydrogen-bond acceptors (Lipinski definition) is 4. The molecule has 1 aromatic rings. The molecule has 0 aromatic heterocycles. The maximum Gasteiger partial charge on any atom is 0.247 e. The van der Waals surface area contributed by atoms with Crippen molar-refractivity contribution in [2.24, 2.45) is 5.92 Å². The molecule has 0 bridgehead atoms. The van der Waals surface area contributed by atoms with Gasteiger partial charge in [-0.15, -0.1) is 0 Å². The number of amides is 1. The lowest BCUT2D eigenvalue weighted by atomic mass is 9.96. The molecule has 2 saturated heterocycles. The molecule has 0 saturated carbocycles. The summed E-state index contributed by atoms with van der Waals surface area (Å²) in [5.74, 6) is 0.557. The van der Waals surface area contributed by atoms with Gasteiger partial charge in [-0.05, 0) is 69.2 Å². The highest BCUT2D eigenvalue weighted by Gasteiger charge is 2.25. The summed E-state index contributed by atoms with van der Waals surface area (Å²) in [6, 6.07) is 7.20. The third-order valence-corrected chi connectivity index (χ3v) is 6.94. The van der Waals surface area contributed by atoms with Crippen LogP contribution in [0, 0.1) is 5.92 Å². The molecule has 3 rings (SSSR count). The predicted molar refractivity (Wildman–Crippen MR) is 110 cm³/mol. The molecule has 6 nitrogen and oxygen atoms in total. The zero-order chi connectivity index (χ0) is 19.2. The SMILES string of the molecule is C=CC(=O)Nc1ccc(S(=O)N2CCN(CC3CCN(C)CC3)CC2)cc1. The quantitative estimate of drug-likeness (QED) is 0.753. The van der Waals surface area contributed by atoms with Crippen LogP contribution in [0.1, 0.15) is 12.8 Å². The zero-order valence-corrected chi connectivity index (χ0v) is 16.9. The molecule has 1 atom stereocenters. The van der Waals surface area contributed by atoms with E-state index in [0.29, 0.717) is 5.69 Å². The standard InChI is InChI=1S/C20H30N4O2S/c1-3-20(25)21-18-4-6-19(7-5-18)27(26)24-14-12-23(13-15-24)16-17-8-10-22(2)11-9-17/h3-7,17H,1,8-16H2,2H3,(H,21,25). The summed E-state index contributed by atoms with van der Waals surface area (Å²) in [5, 5.41) is 2.71. The number of benzene rings is 1. The maximum absolute atomic E-state index is 12.8. The van der Waals surface area contributed by atoms with E-state index in [2.05, 4.69) is 28.7 Å². The molecular weight excluding hydrogens is 360 g/mol. The lowest BCUT2D eigenvalue weighted by Gasteiger charge is -2.37. The van der Waals surface area contributed by atoms with Crippen molar-refractivity contribution < 1.29 is 9.00 Å². The molecule has 0 spiro atoms. The van der Waals surface area contributed by atoms with E-state index in [1.54, 1.807) is 12.1 Å². The number of anilines is 1. The van der Waals surface area contributed by atoms with E-state index in [4.69, 9.17) is 0 Å². The van der Waals surface area contributed by atoms with Gasteiger partial charge >= 0.3 is 0 Å². The summed E-state index contributed by atoms with van der Waals surface area (Å²) < 4.78 is 14.9. The predicted octanol–water partition coefficient (Wildman–Crippen LogP) is 1.79. The lowest BCUT2D eigenvalue weighted by Crippen LogP contribution is -2.49. The minimum Gasteiger partial charge on any atom is -0.323 e. The van der Waals surface area contributed by atoms with E-state index in [-0.39, 0.29) is 5.91 Å². The average molecular weight is 391 g/mol. The number of hydrogen-bond donors (Lipinski definition) is 1. The van der Waals surface area contributed by atoms with Crippen molar-refractivity contribution in [3.05, 3.63) is 36.9 Å². The number of carbonyl (C=O) groups is 1. The van der Waals surface area contributed by atoms with E-state index < -0.39 is 11.0 Å². The Kier molecular flexibility index (Phi) is 7.18. The van der Waals surface area contributed by atoms with Crippen LogP contribution in [0.4, 0.5) is 5.69 Å². The summed E-state index contributed by atoms with van der Waals surface area (Å²) in [4.78, 5) is 17.0. The van der Waals surface area contributed by atoms with Crippen LogP contribution in [0.25, 0.3) is 0 Å². The average Bonchev–Trinajstić information content (AvgIpc) is 2.70. The number of piperazine rings is 1. The van der Waals surface area contributed by atoms with Crippen LogP contribution in [0.2, 0.25) is 0 Å². The van der Waals surface area contributed by atoms with E-state index in [9.17, 15) is 9.00 Å². The molecule has 7 heteroatoms. The molecule has 2 heterocycles. The number of likely N-dealkylation sites (tertiary alicyclic amines) is 1. The van der Waals surface area contributed by atoms with Gasteiger partial charge in [0.15, 0.2) is 0 Å². The topological polar surface area (TPSA) is 55.9 Å². The Balaban J connectivity index is 1.46. The number of nitrogens with one attached hydrogen (secondary N) is 1. The van der Waals surface area contributed by atoms with Gasteiger partial charge < -0.3 is 15.1 Å². The molecule has 0 aliphatic carbocycles. The minimum absolute atomic E-state index is 0.246. The summed E-state index contributed by atoms with van der Waals surface area (Å²) in [5.41, 5.74) is 0.684. The Labute approximate surface area is 164 Å². The van der Waals surface area contributed by atoms with Crippen molar-refractivity contribution in [3.63, 3.8) is 0 Å². The van der Waals surface area contributed by atoms with E-state index >= 15 is 0 Å². The smallest absolute Gasteiger partial charge is 0.247 e. The fourth-order valence-corrected chi connectivity index (χ4v) is 4.85. The van der Waals surface area contributed by atoms with Crippen LogP contribution in [0.5, 0.6) is 0 Å². The second-order valence-electron chi connectivity index (χ2n) is 7.44. The Morgan fingerprint density at radius 2 is 1.78 bits per heavy atom. The Morgan fingerprint density at radius 3 is 2.37 bits per heavy atom. The van der Waals surface area contributed by atoms with Crippen molar-refractivity contribution in [2.45, 2.75) is 17.7 Å². The van der Waals surface area contributed by atoms with E-state index in [1.807, 2.05) is 16.4 Å². The summed E-state index contributed by atoms with van der Waals surface area (Å²) in [7, 11) is 1.05. The van der Waals surface area contributed by atoms with Crippen LogP contribution in [-0.2, 0) is 15.8 Å². The number of piperidine rings is 1. The van der Waals surface area contributed by atoms with Crippen LogP contribution in [0.3, 0.4) is 0 Å². The van der Waals surface area contributed by atoms with Gasteiger partial charge in [0.05, 0.1) is 4.90 Å². The molecule has 1 amide bonds. The summed E-state index contributed by atoms with van der Waals surface area (Å²) in [6.07, 6.45) is 3.81. The van der Waals surface area contributed by atoms with Crippen LogP contribution in [-0.4, -0.2) is 77.1 Å². The van der Waals surface area contributed by atoms with Gasteiger partial charge in [0.2, 0.25) is 5.91 Å². The lowest BCUT2D eigenvalue weighted by molar-refractivity contribution is -0.111. The monoisotopic (exact) mass is 390 g/mol. The van der Waals surface area contributed by atoms with E-state index in [1.165, 1.54) is 38.6 Å². The maximum atomic E-state index is 12.8. The molecule has 1 unspecified atom stereocenters. The third-order valence-electron chi connectivity index (χ3n) is 5.43. The highest BCUT2D eigenvalue weighted by molar-refractivity contribution is 7.82. The Morgan fingerprint density at radius 1 is 1.15 bits per heavy atom. The number of carbonyl (C=O) groups excluding carboxylic acids is 1. The van der Waals surface area contributed by atoms with Crippen LogP contribution >= 0.6 is 0 Å². The van der Waals surface area contributed by atoms with Gasteiger partial charge in [0.1, 0.15) is 11.0 Å². The molecule has 148 valence electrons. The van der Waals surface area contributed by atoms with Gasteiger partial charge in [-0.2, -0.15) is 0 Å². The molecule has 27 heavy (non-hydrogen) atoms.